The fraction of sp³-hybridized carbons (Fsp3) is 0.130. The van der Waals surface area contributed by atoms with Gasteiger partial charge in [-0.05, 0) is 42.0 Å². The third-order valence-electron chi connectivity index (χ3n) is 4.68. The van der Waals surface area contributed by atoms with E-state index in [-0.39, 0.29) is 5.56 Å². The second-order valence-electron chi connectivity index (χ2n) is 6.67. The van der Waals surface area contributed by atoms with Crippen LogP contribution in [0.1, 0.15) is 11.1 Å². The summed E-state index contributed by atoms with van der Waals surface area (Å²) >= 11 is 11.0. The van der Waals surface area contributed by atoms with Crippen LogP contribution in [-0.2, 0) is 12.3 Å². The zero-order valence-electron chi connectivity index (χ0n) is 16.1. The molecule has 0 aliphatic heterocycles. The van der Waals surface area contributed by atoms with Crippen molar-refractivity contribution in [2.45, 2.75) is 17.5 Å². The number of nitrogens with zero attached hydrogens (tertiary/aromatic N) is 2. The molecule has 0 fully saturated rings. The summed E-state index contributed by atoms with van der Waals surface area (Å²) in [6, 6.07) is 21.0. The normalized spacial score (nSPS) is 11.0. The van der Waals surface area contributed by atoms with E-state index in [0.29, 0.717) is 33.4 Å². The van der Waals surface area contributed by atoms with Crippen LogP contribution < -0.4 is 10.3 Å². The van der Waals surface area contributed by atoms with E-state index in [4.69, 9.17) is 21.3 Å². The minimum Gasteiger partial charge on any atom is -0.496 e. The second kappa shape index (κ2) is 9.25. The minimum absolute atomic E-state index is 0.0780. The minimum atomic E-state index is -0.0780. The van der Waals surface area contributed by atoms with Crippen molar-refractivity contribution in [1.29, 1.82) is 0 Å². The number of fused-ring (bicyclic) bond motifs is 1. The first-order chi connectivity index (χ1) is 14.5. The fourth-order valence-electron chi connectivity index (χ4n) is 3.15. The molecule has 0 spiro atoms. The number of rotatable bonds is 6. The van der Waals surface area contributed by atoms with Crippen LogP contribution in [0, 0.1) is 0 Å². The highest BCUT2D eigenvalue weighted by atomic mass is 79.9. The molecule has 1 aromatic heterocycles. The van der Waals surface area contributed by atoms with Crippen LogP contribution in [0.2, 0.25) is 5.02 Å². The van der Waals surface area contributed by atoms with E-state index in [1.807, 2.05) is 66.7 Å². The molecule has 0 amide bonds. The third-order valence-corrected chi connectivity index (χ3v) is 6.48. The molecule has 0 aliphatic carbocycles. The number of aromatic nitrogens is 2. The van der Waals surface area contributed by atoms with Crippen molar-refractivity contribution < 1.29 is 4.74 Å². The van der Waals surface area contributed by atoms with E-state index < -0.39 is 0 Å². The van der Waals surface area contributed by atoms with Gasteiger partial charge in [-0.15, -0.1) is 0 Å². The number of hydrogen-bond donors (Lipinski definition) is 0. The maximum absolute atomic E-state index is 13.4. The first-order valence-electron chi connectivity index (χ1n) is 9.24. The molecule has 0 atom stereocenters. The van der Waals surface area contributed by atoms with Crippen molar-refractivity contribution >= 4 is 50.2 Å². The van der Waals surface area contributed by atoms with Crippen LogP contribution in [-0.4, -0.2) is 16.7 Å². The van der Waals surface area contributed by atoms with Crippen molar-refractivity contribution in [3.8, 4) is 5.75 Å². The van der Waals surface area contributed by atoms with Crippen LogP contribution in [0.5, 0.6) is 5.75 Å². The van der Waals surface area contributed by atoms with E-state index in [0.717, 1.165) is 21.3 Å². The van der Waals surface area contributed by atoms with Crippen LogP contribution in [0.25, 0.3) is 10.9 Å². The summed E-state index contributed by atoms with van der Waals surface area (Å²) in [5.41, 5.74) is 2.63. The van der Waals surface area contributed by atoms with Gasteiger partial charge in [-0.1, -0.05) is 69.6 Å². The van der Waals surface area contributed by atoms with Crippen molar-refractivity contribution in [2.75, 3.05) is 7.11 Å². The van der Waals surface area contributed by atoms with Crippen molar-refractivity contribution in [3.05, 3.63) is 97.7 Å². The van der Waals surface area contributed by atoms with Crippen molar-refractivity contribution in [2.24, 2.45) is 0 Å². The summed E-state index contributed by atoms with van der Waals surface area (Å²) in [6.07, 6.45) is 0. The van der Waals surface area contributed by atoms with Gasteiger partial charge in [0.1, 0.15) is 5.75 Å². The zero-order chi connectivity index (χ0) is 21.1. The highest BCUT2D eigenvalue weighted by Gasteiger charge is 2.14. The monoisotopic (exact) mass is 500 g/mol. The lowest BCUT2D eigenvalue weighted by atomic mass is 10.2. The molecule has 0 unspecified atom stereocenters. The second-order valence-corrected chi connectivity index (χ2v) is 8.97. The SMILES string of the molecule is COc1ccccc1Cn1c(SCc2ccc(Cl)cc2)nc2ccc(Br)cc2c1=O. The van der Waals surface area contributed by atoms with Gasteiger partial charge in [0.15, 0.2) is 5.16 Å². The molecule has 0 radical (unpaired) electrons. The molecular formula is C23H18BrClN2O2S. The Bertz CT molecular complexity index is 1260. The summed E-state index contributed by atoms with van der Waals surface area (Å²) < 4.78 is 8.04. The molecule has 0 aliphatic rings. The zero-order valence-corrected chi connectivity index (χ0v) is 19.3. The predicted octanol–water partition coefficient (Wildman–Crippen LogP) is 6.16. The van der Waals surface area contributed by atoms with Crippen molar-refractivity contribution in [1.82, 2.24) is 9.55 Å². The van der Waals surface area contributed by atoms with Crippen LogP contribution >= 0.6 is 39.3 Å². The van der Waals surface area contributed by atoms with Gasteiger partial charge in [-0.25, -0.2) is 4.98 Å². The summed E-state index contributed by atoms with van der Waals surface area (Å²) in [7, 11) is 1.63. The number of ether oxygens (including phenoxy) is 1. The Labute approximate surface area is 192 Å². The van der Waals surface area contributed by atoms with Crippen LogP contribution in [0.15, 0.2) is 81.2 Å². The standard InChI is InChI=1S/C23H18BrClN2O2S/c1-29-21-5-3-2-4-16(21)13-27-22(28)19-12-17(24)8-11-20(19)26-23(27)30-14-15-6-9-18(25)10-7-15/h2-12H,13-14H2,1H3. The molecule has 4 nitrogen and oxygen atoms in total. The first-order valence-corrected chi connectivity index (χ1v) is 11.4. The Morgan fingerprint density at radius 3 is 2.63 bits per heavy atom. The maximum Gasteiger partial charge on any atom is 0.262 e. The summed E-state index contributed by atoms with van der Waals surface area (Å²) in [6.45, 7) is 0.376. The Hall–Kier alpha value is -2.28. The number of thioether (sulfide) groups is 1. The van der Waals surface area contributed by atoms with Crippen LogP contribution in [0.4, 0.5) is 0 Å². The summed E-state index contributed by atoms with van der Waals surface area (Å²) in [5.74, 6) is 1.42. The van der Waals surface area contributed by atoms with Gasteiger partial charge in [0.05, 0.1) is 24.6 Å². The van der Waals surface area contributed by atoms with Gasteiger partial charge in [0.25, 0.3) is 5.56 Å². The molecule has 0 N–H and O–H groups in total. The molecule has 4 aromatic rings. The van der Waals surface area contributed by atoms with E-state index in [1.54, 1.807) is 11.7 Å². The molecule has 3 aromatic carbocycles. The van der Waals surface area contributed by atoms with Gasteiger partial charge in [0.2, 0.25) is 0 Å². The van der Waals surface area contributed by atoms with E-state index in [9.17, 15) is 4.79 Å². The van der Waals surface area contributed by atoms with Gasteiger partial charge in [-0.2, -0.15) is 0 Å². The predicted molar refractivity (Wildman–Crippen MR) is 127 cm³/mol. The smallest absolute Gasteiger partial charge is 0.262 e. The van der Waals surface area contributed by atoms with Crippen LogP contribution in [0.3, 0.4) is 0 Å². The van der Waals surface area contributed by atoms with Gasteiger partial charge in [0, 0.05) is 20.8 Å². The lowest BCUT2D eigenvalue weighted by Gasteiger charge is -2.15. The molecule has 0 bridgehead atoms. The summed E-state index contributed by atoms with van der Waals surface area (Å²) in [4.78, 5) is 18.2. The number of hydrogen-bond acceptors (Lipinski definition) is 4. The molecule has 152 valence electrons. The van der Waals surface area contributed by atoms with Crippen molar-refractivity contribution in [3.63, 3.8) is 0 Å². The molecular weight excluding hydrogens is 484 g/mol. The molecule has 4 rings (SSSR count). The quantitative estimate of drug-likeness (QED) is 0.234. The van der Waals surface area contributed by atoms with E-state index in [1.165, 1.54) is 11.8 Å². The third kappa shape index (κ3) is 4.56. The average Bonchev–Trinajstić information content (AvgIpc) is 2.76. The number of benzene rings is 3. The largest absolute Gasteiger partial charge is 0.496 e. The Kier molecular flexibility index (Phi) is 6.46. The Morgan fingerprint density at radius 1 is 1.10 bits per heavy atom. The molecule has 30 heavy (non-hydrogen) atoms. The lowest BCUT2D eigenvalue weighted by Crippen LogP contribution is -2.24. The number of halogens is 2. The van der Waals surface area contributed by atoms with Gasteiger partial charge < -0.3 is 4.74 Å². The number of para-hydroxylation sites is 1. The maximum atomic E-state index is 13.4. The number of methoxy groups -OCH3 is 1. The highest BCUT2D eigenvalue weighted by molar-refractivity contribution is 9.10. The first kappa shape index (κ1) is 21.0. The topological polar surface area (TPSA) is 44.1 Å². The fourth-order valence-corrected chi connectivity index (χ4v) is 4.60. The molecule has 0 saturated carbocycles. The highest BCUT2D eigenvalue weighted by Crippen LogP contribution is 2.26. The average molecular weight is 502 g/mol. The Morgan fingerprint density at radius 2 is 1.87 bits per heavy atom. The molecule has 0 saturated heterocycles. The van der Waals surface area contributed by atoms with Gasteiger partial charge in [-0.3, -0.25) is 9.36 Å². The van der Waals surface area contributed by atoms with E-state index >= 15 is 0 Å². The Balaban J connectivity index is 1.78. The van der Waals surface area contributed by atoms with E-state index in [2.05, 4.69) is 15.9 Å². The molecule has 7 heteroatoms. The lowest BCUT2D eigenvalue weighted by molar-refractivity contribution is 0.407. The molecule has 1 heterocycles. The summed E-state index contributed by atoms with van der Waals surface area (Å²) in [5, 5.41) is 1.94. The van der Waals surface area contributed by atoms with Gasteiger partial charge >= 0.3 is 0 Å².